The molecule has 96 valence electrons. The summed E-state index contributed by atoms with van der Waals surface area (Å²) in [6.07, 6.45) is 3.72. The first kappa shape index (κ1) is 12.2. The van der Waals surface area contributed by atoms with Crippen LogP contribution in [-0.4, -0.2) is 9.55 Å². The molecule has 1 aromatic carbocycles. The molecule has 1 saturated carbocycles. The second-order valence-corrected chi connectivity index (χ2v) is 6.26. The van der Waals surface area contributed by atoms with Crippen LogP contribution in [0.15, 0.2) is 12.1 Å². The van der Waals surface area contributed by atoms with Crippen molar-refractivity contribution in [2.45, 2.75) is 32.7 Å². The molecule has 1 heterocycles. The molecular weight excluding hydrogens is 271 g/mol. The summed E-state index contributed by atoms with van der Waals surface area (Å²) in [5, 5.41) is 0.143. The van der Waals surface area contributed by atoms with Crippen LogP contribution in [0.1, 0.15) is 26.2 Å². The van der Waals surface area contributed by atoms with Gasteiger partial charge in [0.05, 0.1) is 16.1 Å². The van der Waals surface area contributed by atoms with Crippen LogP contribution in [0.4, 0.5) is 4.39 Å². The van der Waals surface area contributed by atoms with E-state index in [1.165, 1.54) is 25.3 Å². The van der Waals surface area contributed by atoms with Crippen LogP contribution < -0.4 is 0 Å². The number of H-pyrrole nitrogens is 1. The Hall–Kier alpha value is -0.870. The van der Waals surface area contributed by atoms with Gasteiger partial charge in [0.15, 0.2) is 4.77 Å². The number of nitrogens with zero attached hydrogens (tertiary/aromatic N) is 1. The van der Waals surface area contributed by atoms with Crippen molar-refractivity contribution in [2.24, 2.45) is 5.41 Å². The molecule has 1 aromatic heterocycles. The van der Waals surface area contributed by atoms with Crippen molar-refractivity contribution in [3.8, 4) is 0 Å². The minimum absolute atomic E-state index is 0.143. The second kappa shape index (κ2) is 4.07. The third kappa shape index (κ3) is 1.88. The number of nitrogens with one attached hydrogen (secondary N) is 1. The lowest BCUT2D eigenvalue weighted by Gasteiger charge is -2.38. The van der Waals surface area contributed by atoms with Crippen LogP contribution in [0.3, 0.4) is 0 Å². The molecule has 1 fully saturated rings. The van der Waals surface area contributed by atoms with Crippen molar-refractivity contribution in [2.75, 3.05) is 0 Å². The van der Waals surface area contributed by atoms with Gasteiger partial charge in [-0.15, -0.1) is 0 Å². The number of aromatic nitrogens is 2. The number of imidazole rings is 1. The summed E-state index contributed by atoms with van der Waals surface area (Å²) >= 11 is 11.2. The van der Waals surface area contributed by atoms with Crippen molar-refractivity contribution in [3.05, 3.63) is 27.7 Å². The van der Waals surface area contributed by atoms with Crippen LogP contribution in [0.25, 0.3) is 11.0 Å². The van der Waals surface area contributed by atoms with E-state index in [1.54, 1.807) is 6.07 Å². The van der Waals surface area contributed by atoms with E-state index in [0.717, 1.165) is 12.1 Å². The SMILES string of the molecule is CC1(Cn2c(=S)[nH]c3cc(F)c(Cl)cc32)CCC1. The van der Waals surface area contributed by atoms with Gasteiger partial charge < -0.3 is 9.55 Å². The van der Waals surface area contributed by atoms with Crippen molar-refractivity contribution in [1.82, 2.24) is 9.55 Å². The van der Waals surface area contributed by atoms with Crippen LogP contribution in [0.5, 0.6) is 0 Å². The first-order valence-corrected chi connectivity index (χ1v) is 6.85. The predicted molar refractivity (Wildman–Crippen MR) is 74.0 cm³/mol. The quantitative estimate of drug-likeness (QED) is 0.794. The maximum Gasteiger partial charge on any atom is 0.178 e. The molecule has 18 heavy (non-hydrogen) atoms. The fraction of sp³-hybridized carbons (Fsp3) is 0.462. The topological polar surface area (TPSA) is 20.7 Å². The van der Waals surface area contributed by atoms with E-state index >= 15 is 0 Å². The summed E-state index contributed by atoms with van der Waals surface area (Å²) in [6.45, 7) is 3.13. The highest BCUT2D eigenvalue weighted by molar-refractivity contribution is 7.71. The molecule has 5 heteroatoms. The Kier molecular flexibility index (Phi) is 2.75. The summed E-state index contributed by atoms with van der Waals surface area (Å²) in [7, 11) is 0. The van der Waals surface area contributed by atoms with Crippen molar-refractivity contribution in [3.63, 3.8) is 0 Å². The lowest BCUT2D eigenvalue weighted by Crippen LogP contribution is -2.30. The average molecular weight is 285 g/mol. The Bertz CT molecular complexity index is 669. The monoisotopic (exact) mass is 284 g/mol. The zero-order valence-electron chi connectivity index (χ0n) is 10.1. The molecular formula is C13H14ClFN2S. The lowest BCUT2D eigenvalue weighted by atomic mass is 9.70. The van der Waals surface area contributed by atoms with E-state index < -0.39 is 5.82 Å². The van der Waals surface area contributed by atoms with Crippen molar-refractivity contribution < 1.29 is 4.39 Å². The summed E-state index contributed by atoms with van der Waals surface area (Å²) in [5.41, 5.74) is 1.91. The molecule has 2 nitrogen and oxygen atoms in total. The molecule has 0 spiro atoms. The maximum absolute atomic E-state index is 13.4. The number of hydrogen-bond donors (Lipinski definition) is 1. The lowest BCUT2D eigenvalue weighted by molar-refractivity contribution is 0.133. The Morgan fingerprint density at radius 2 is 2.22 bits per heavy atom. The molecule has 1 aliphatic rings. The molecule has 1 aliphatic carbocycles. The largest absolute Gasteiger partial charge is 0.330 e. The first-order chi connectivity index (χ1) is 8.48. The van der Waals surface area contributed by atoms with Gasteiger partial charge in [-0.05, 0) is 36.5 Å². The van der Waals surface area contributed by atoms with E-state index in [1.807, 2.05) is 4.57 Å². The normalized spacial score (nSPS) is 17.9. The zero-order valence-corrected chi connectivity index (χ0v) is 11.7. The number of aromatic amines is 1. The summed E-state index contributed by atoms with van der Waals surface area (Å²) in [6, 6.07) is 3.06. The van der Waals surface area contributed by atoms with E-state index in [2.05, 4.69) is 11.9 Å². The molecule has 0 unspecified atom stereocenters. The predicted octanol–water partition coefficient (Wildman–Crippen LogP) is 4.68. The molecule has 0 radical (unpaired) electrons. The summed E-state index contributed by atoms with van der Waals surface area (Å²) in [4.78, 5) is 3.05. The average Bonchev–Trinajstić information content (AvgIpc) is 2.55. The smallest absolute Gasteiger partial charge is 0.178 e. The summed E-state index contributed by atoms with van der Waals surface area (Å²) in [5.74, 6) is -0.414. The van der Waals surface area contributed by atoms with Gasteiger partial charge in [0.25, 0.3) is 0 Å². The second-order valence-electron chi connectivity index (χ2n) is 5.46. The van der Waals surface area contributed by atoms with E-state index in [4.69, 9.17) is 23.8 Å². The molecule has 0 aliphatic heterocycles. The van der Waals surface area contributed by atoms with Gasteiger partial charge in [-0.1, -0.05) is 24.9 Å². The Labute approximate surface area is 115 Å². The Morgan fingerprint density at radius 3 is 2.83 bits per heavy atom. The number of benzene rings is 1. The van der Waals surface area contributed by atoms with Gasteiger partial charge in [-0.2, -0.15) is 0 Å². The Balaban J connectivity index is 2.13. The standard InChI is InChI=1S/C13H14ClFN2S/c1-13(3-2-4-13)7-17-11-5-8(14)9(15)6-10(11)16-12(17)18/h5-6H,2-4,7H2,1H3,(H,16,18). The summed E-state index contributed by atoms with van der Waals surface area (Å²) < 4.78 is 16.1. The molecule has 0 bridgehead atoms. The highest BCUT2D eigenvalue weighted by Gasteiger charge is 2.32. The molecule has 0 atom stereocenters. The van der Waals surface area contributed by atoms with Gasteiger partial charge >= 0.3 is 0 Å². The fourth-order valence-corrected chi connectivity index (χ4v) is 3.06. The van der Waals surface area contributed by atoms with Crippen molar-refractivity contribution >= 4 is 34.9 Å². The van der Waals surface area contributed by atoms with Crippen LogP contribution in [0.2, 0.25) is 5.02 Å². The number of halogens is 2. The minimum atomic E-state index is -0.414. The van der Waals surface area contributed by atoms with Crippen molar-refractivity contribution in [1.29, 1.82) is 0 Å². The fourth-order valence-electron chi connectivity index (χ4n) is 2.63. The first-order valence-electron chi connectivity index (χ1n) is 6.06. The Morgan fingerprint density at radius 1 is 1.50 bits per heavy atom. The van der Waals surface area contributed by atoms with E-state index in [-0.39, 0.29) is 5.02 Å². The molecule has 1 N–H and O–H groups in total. The zero-order chi connectivity index (χ0) is 12.9. The van der Waals surface area contributed by atoms with Crippen LogP contribution in [-0.2, 0) is 6.54 Å². The number of fused-ring (bicyclic) bond motifs is 1. The van der Waals surface area contributed by atoms with Gasteiger partial charge in [0, 0.05) is 12.6 Å². The third-order valence-corrected chi connectivity index (χ3v) is 4.53. The molecule has 3 rings (SSSR count). The van der Waals surface area contributed by atoms with Crippen LogP contribution in [0, 0.1) is 16.0 Å². The molecule has 2 aromatic rings. The number of hydrogen-bond acceptors (Lipinski definition) is 1. The highest BCUT2D eigenvalue weighted by atomic mass is 35.5. The van der Waals surface area contributed by atoms with Gasteiger partial charge in [0.1, 0.15) is 5.82 Å². The van der Waals surface area contributed by atoms with Gasteiger partial charge in [0.2, 0.25) is 0 Å². The third-order valence-electron chi connectivity index (χ3n) is 3.92. The van der Waals surface area contributed by atoms with Crippen LogP contribution >= 0.6 is 23.8 Å². The highest BCUT2D eigenvalue weighted by Crippen LogP contribution is 2.42. The van der Waals surface area contributed by atoms with E-state index in [0.29, 0.717) is 15.7 Å². The maximum atomic E-state index is 13.4. The molecule has 0 saturated heterocycles. The number of rotatable bonds is 2. The molecule has 0 amide bonds. The minimum Gasteiger partial charge on any atom is -0.330 e. The van der Waals surface area contributed by atoms with Gasteiger partial charge in [-0.3, -0.25) is 0 Å². The van der Waals surface area contributed by atoms with E-state index in [9.17, 15) is 4.39 Å². The van der Waals surface area contributed by atoms with Gasteiger partial charge in [-0.25, -0.2) is 4.39 Å².